The fourth-order valence-electron chi connectivity index (χ4n) is 2.14. The molecule has 0 aromatic heterocycles. The molecule has 3 heteroatoms. The van der Waals surface area contributed by atoms with Crippen molar-refractivity contribution in [3.8, 4) is 0 Å². The van der Waals surface area contributed by atoms with E-state index in [4.69, 9.17) is 5.73 Å². The Morgan fingerprint density at radius 1 is 1.47 bits per heavy atom. The first kappa shape index (κ1) is 12.1. The van der Waals surface area contributed by atoms with Crippen LogP contribution in [0.3, 0.4) is 0 Å². The van der Waals surface area contributed by atoms with Gasteiger partial charge in [-0.15, -0.1) is 0 Å². The van der Waals surface area contributed by atoms with Gasteiger partial charge in [0.05, 0.1) is 5.92 Å². The Hall–Kier alpha value is -1.35. The number of hydrogen-bond donors (Lipinski definition) is 1. The monoisotopic (exact) mass is 232 g/mol. The molecule has 1 aromatic rings. The highest BCUT2D eigenvalue weighted by Gasteiger charge is 2.41. The van der Waals surface area contributed by atoms with E-state index in [1.807, 2.05) is 7.05 Å². The number of carbonyl (C=O) groups excluding carboxylic acids is 1. The van der Waals surface area contributed by atoms with Crippen molar-refractivity contribution in [3.63, 3.8) is 0 Å². The van der Waals surface area contributed by atoms with E-state index in [-0.39, 0.29) is 17.9 Å². The Morgan fingerprint density at radius 2 is 2.12 bits per heavy atom. The molecule has 2 N–H and O–H groups in total. The Labute approximate surface area is 103 Å². The summed E-state index contributed by atoms with van der Waals surface area (Å²) < 4.78 is 0. The van der Waals surface area contributed by atoms with Gasteiger partial charge in [-0.25, -0.2) is 0 Å². The molecule has 0 saturated heterocycles. The quantitative estimate of drug-likeness (QED) is 0.860. The summed E-state index contributed by atoms with van der Waals surface area (Å²) in [6.45, 7) is 4.84. The highest BCUT2D eigenvalue weighted by Crippen LogP contribution is 2.30. The van der Waals surface area contributed by atoms with Crippen LogP contribution in [0.4, 0.5) is 0 Å². The third-order valence-corrected chi connectivity index (χ3v) is 3.44. The molecule has 1 saturated carbocycles. The number of nitrogens with zero attached hydrogens (tertiary/aromatic N) is 1. The highest BCUT2D eigenvalue weighted by molar-refractivity contribution is 5.82. The number of carbonyl (C=O) groups is 1. The normalized spacial score (nSPS) is 22.4. The van der Waals surface area contributed by atoms with Gasteiger partial charge in [-0.2, -0.15) is 0 Å². The maximum atomic E-state index is 11.9. The molecule has 0 heterocycles. The van der Waals surface area contributed by atoms with Crippen LogP contribution in [0, 0.1) is 19.8 Å². The minimum atomic E-state index is 0.0609. The lowest BCUT2D eigenvalue weighted by atomic mass is 10.1. The molecule has 17 heavy (non-hydrogen) atoms. The topological polar surface area (TPSA) is 46.3 Å². The van der Waals surface area contributed by atoms with Gasteiger partial charge >= 0.3 is 0 Å². The zero-order valence-electron chi connectivity index (χ0n) is 10.7. The lowest BCUT2D eigenvalue weighted by Crippen LogP contribution is -2.29. The lowest BCUT2D eigenvalue weighted by molar-refractivity contribution is -0.131. The molecule has 1 fully saturated rings. The number of rotatable bonds is 3. The van der Waals surface area contributed by atoms with Crippen LogP contribution in [0.5, 0.6) is 0 Å². The third-order valence-electron chi connectivity index (χ3n) is 3.44. The molecule has 0 aliphatic heterocycles. The number of aryl methyl sites for hydroxylation is 2. The predicted octanol–water partition coefficient (Wildman–Crippen LogP) is 1.61. The Kier molecular flexibility index (Phi) is 3.20. The van der Waals surface area contributed by atoms with Gasteiger partial charge in [0.2, 0.25) is 5.91 Å². The summed E-state index contributed by atoms with van der Waals surface area (Å²) in [6.07, 6.45) is 0.843. The van der Waals surface area contributed by atoms with E-state index >= 15 is 0 Å². The summed E-state index contributed by atoms with van der Waals surface area (Å²) in [5.74, 6) is 0.239. The zero-order valence-corrected chi connectivity index (χ0v) is 10.7. The molecular weight excluding hydrogens is 212 g/mol. The minimum absolute atomic E-state index is 0.0609. The number of nitrogens with two attached hydrogens (primary N) is 1. The second-order valence-corrected chi connectivity index (χ2v) is 5.13. The predicted molar refractivity (Wildman–Crippen MR) is 68.5 cm³/mol. The van der Waals surface area contributed by atoms with Gasteiger partial charge in [0.1, 0.15) is 0 Å². The number of amides is 1. The van der Waals surface area contributed by atoms with Crippen molar-refractivity contribution in [2.24, 2.45) is 11.7 Å². The van der Waals surface area contributed by atoms with Crippen molar-refractivity contribution in [2.75, 3.05) is 7.05 Å². The van der Waals surface area contributed by atoms with Crippen LogP contribution in [0.2, 0.25) is 0 Å². The Morgan fingerprint density at radius 3 is 2.65 bits per heavy atom. The molecule has 2 unspecified atom stereocenters. The van der Waals surface area contributed by atoms with Gasteiger partial charge in [-0.05, 0) is 31.4 Å². The van der Waals surface area contributed by atoms with Gasteiger partial charge in [0.25, 0.3) is 0 Å². The molecule has 2 atom stereocenters. The summed E-state index contributed by atoms with van der Waals surface area (Å²) >= 11 is 0. The molecule has 1 aromatic carbocycles. The van der Waals surface area contributed by atoms with Crippen LogP contribution >= 0.6 is 0 Å². The van der Waals surface area contributed by atoms with E-state index in [9.17, 15) is 4.79 Å². The van der Waals surface area contributed by atoms with E-state index in [2.05, 4.69) is 32.0 Å². The number of hydrogen-bond acceptors (Lipinski definition) is 2. The van der Waals surface area contributed by atoms with E-state index in [0.29, 0.717) is 6.54 Å². The maximum absolute atomic E-state index is 11.9. The second kappa shape index (κ2) is 4.49. The minimum Gasteiger partial charge on any atom is -0.341 e. The van der Waals surface area contributed by atoms with Crippen molar-refractivity contribution in [1.82, 2.24) is 4.90 Å². The first-order valence-corrected chi connectivity index (χ1v) is 6.05. The summed E-state index contributed by atoms with van der Waals surface area (Å²) in [6, 6.07) is 6.42. The van der Waals surface area contributed by atoms with Gasteiger partial charge in [0.15, 0.2) is 0 Å². The van der Waals surface area contributed by atoms with E-state index in [0.717, 1.165) is 6.42 Å². The number of benzene rings is 1. The summed E-state index contributed by atoms with van der Waals surface area (Å²) in [7, 11) is 1.85. The molecule has 1 aliphatic rings. The van der Waals surface area contributed by atoms with Gasteiger partial charge in [-0.3, -0.25) is 4.79 Å². The van der Waals surface area contributed by atoms with Crippen LogP contribution in [-0.4, -0.2) is 23.9 Å². The van der Waals surface area contributed by atoms with Crippen LogP contribution in [0.1, 0.15) is 23.1 Å². The van der Waals surface area contributed by atoms with E-state index in [1.54, 1.807) is 4.90 Å². The van der Waals surface area contributed by atoms with Crippen LogP contribution < -0.4 is 5.73 Å². The molecule has 1 aliphatic carbocycles. The molecule has 92 valence electrons. The zero-order chi connectivity index (χ0) is 12.6. The molecular formula is C14H20N2O. The average molecular weight is 232 g/mol. The molecule has 1 amide bonds. The standard InChI is InChI=1S/C14H20N2O/c1-9-4-5-11(10(2)6-9)8-16(3)14(17)12-7-13(12)15/h4-6,12-13H,7-8,15H2,1-3H3. The maximum Gasteiger partial charge on any atom is 0.227 e. The van der Waals surface area contributed by atoms with E-state index < -0.39 is 0 Å². The Balaban J connectivity index is 2.02. The van der Waals surface area contributed by atoms with Crippen molar-refractivity contribution in [2.45, 2.75) is 32.9 Å². The van der Waals surface area contributed by atoms with Gasteiger partial charge in [-0.1, -0.05) is 23.8 Å². The first-order valence-electron chi connectivity index (χ1n) is 6.05. The van der Waals surface area contributed by atoms with Crippen LogP contribution in [-0.2, 0) is 11.3 Å². The third kappa shape index (κ3) is 2.67. The van der Waals surface area contributed by atoms with Crippen molar-refractivity contribution >= 4 is 5.91 Å². The Bertz CT molecular complexity index is 442. The van der Waals surface area contributed by atoms with Gasteiger partial charge < -0.3 is 10.6 Å². The summed E-state index contributed by atoms with van der Waals surface area (Å²) in [5.41, 5.74) is 9.40. The van der Waals surface area contributed by atoms with Crippen LogP contribution in [0.15, 0.2) is 18.2 Å². The molecule has 0 radical (unpaired) electrons. The van der Waals surface area contributed by atoms with Crippen LogP contribution in [0.25, 0.3) is 0 Å². The second-order valence-electron chi connectivity index (χ2n) is 5.13. The fraction of sp³-hybridized carbons (Fsp3) is 0.500. The van der Waals surface area contributed by atoms with Gasteiger partial charge in [0, 0.05) is 19.6 Å². The highest BCUT2D eigenvalue weighted by atomic mass is 16.2. The fourth-order valence-corrected chi connectivity index (χ4v) is 2.14. The van der Waals surface area contributed by atoms with Crippen molar-refractivity contribution in [3.05, 3.63) is 34.9 Å². The first-order chi connectivity index (χ1) is 7.99. The largest absolute Gasteiger partial charge is 0.341 e. The molecule has 0 spiro atoms. The molecule has 3 nitrogen and oxygen atoms in total. The molecule has 2 rings (SSSR count). The van der Waals surface area contributed by atoms with Crippen molar-refractivity contribution in [1.29, 1.82) is 0 Å². The molecule has 0 bridgehead atoms. The van der Waals surface area contributed by atoms with E-state index in [1.165, 1.54) is 16.7 Å². The average Bonchev–Trinajstić information content (AvgIpc) is 2.98. The summed E-state index contributed by atoms with van der Waals surface area (Å²) in [4.78, 5) is 13.7. The smallest absolute Gasteiger partial charge is 0.227 e. The lowest BCUT2D eigenvalue weighted by Gasteiger charge is -2.18. The SMILES string of the molecule is Cc1ccc(CN(C)C(=O)C2CC2N)c(C)c1. The van der Waals surface area contributed by atoms with Crippen molar-refractivity contribution < 1.29 is 4.79 Å². The summed E-state index contributed by atoms with van der Waals surface area (Å²) in [5, 5.41) is 0.